The first kappa shape index (κ1) is 14.6. The highest BCUT2D eigenvalue weighted by Crippen LogP contribution is 2.29. The normalized spacial score (nSPS) is 9.90. The maximum atomic E-state index is 11.0. The van der Waals surface area contributed by atoms with Crippen LogP contribution in [-0.2, 0) is 6.54 Å². The maximum absolute atomic E-state index is 11.0. The number of nitro benzene ring substituents is 1. The minimum Gasteiger partial charge on any atom is -0.508 e. The van der Waals surface area contributed by atoms with Crippen molar-refractivity contribution in [1.29, 1.82) is 5.26 Å². The molecule has 0 radical (unpaired) electrons. The van der Waals surface area contributed by atoms with Gasteiger partial charge >= 0.3 is 0 Å². The largest absolute Gasteiger partial charge is 0.508 e. The van der Waals surface area contributed by atoms with Crippen LogP contribution < -0.4 is 5.32 Å². The van der Waals surface area contributed by atoms with Gasteiger partial charge in [0.05, 0.1) is 16.6 Å². The van der Waals surface area contributed by atoms with Gasteiger partial charge in [-0.1, -0.05) is 17.7 Å². The number of nitriles is 1. The van der Waals surface area contributed by atoms with Crippen LogP contribution >= 0.6 is 11.6 Å². The van der Waals surface area contributed by atoms with Crippen LogP contribution in [0.25, 0.3) is 0 Å². The summed E-state index contributed by atoms with van der Waals surface area (Å²) in [5.41, 5.74) is 0.685. The molecule has 0 aliphatic heterocycles. The molecule has 0 atom stereocenters. The van der Waals surface area contributed by atoms with E-state index in [9.17, 15) is 15.2 Å². The second kappa shape index (κ2) is 6.11. The Bertz CT molecular complexity index is 720. The van der Waals surface area contributed by atoms with Gasteiger partial charge in [0.15, 0.2) is 0 Å². The third kappa shape index (κ3) is 3.22. The molecule has 0 saturated heterocycles. The molecule has 106 valence electrons. The number of nitrogens with one attached hydrogen (secondary N) is 1. The molecule has 0 heterocycles. The first-order valence-corrected chi connectivity index (χ1v) is 6.29. The molecular formula is C14H10ClN3O3. The van der Waals surface area contributed by atoms with Crippen LogP contribution in [0.4, 0.5) is 11.4 Å². The van der Waals surface area contributed by atoms with Crippen molar-refractivity contribution in [2.75, 3.05) is 5.32 Å². The Balaban J connectivity index is 2.28. The number of nitro groups is 1. The van der Waals surface area contributed by atoms with E-state index in [0.29, 0.717) is 10.6 Å². The quantitative estimate of drug-likeness (QED) is 0.666. The molecule has 0 spiro atoms. The summed E-state index contributed by atoms with van der Waals surface area (Å²) >= 11 is 5.97. The number of hydrogen-bond acceptors (Lipinski definition) is 5. The smallest absolute Gasteiger partial charge is 0.293 e. The van der Waals surface area contributed by atoms with E-state index in [1.54, 1.807) is 12.1 Å². The molecule has 2 rings (SSSR count). The summed E-state index contributed by atoms with van der Waals surface area (Å²) in [5.74, 6) is 0.00583. The number of nitrogens with zero attached hydrogens (tertiary/aromatic N) is 2. The van der Waals surface area contributed by atoms with Gasteiger partial charge in [-0.15, -0.1) is 0 Å². The molecule has 7 heteroatoms. The van der Waals surface area contributed by atoms with Crippen molar-refractivity contribution in [3.05, 3.63) is 62.7 Å². The van der Waals surface area contributed by atoms with Gasteiger partial charge in [-0.2, -0.15) is 5.26 Å². The molecule has 2 N–H and O–H groups in total. The molecule has 6 nitrogen and oxygen atoms in total. The minimum atomic E-state index is -0.574. The summed E-state index contributed by atoms with van der Waals surface area (Å²) in [7, 11) is 0. The Kier molecular flexibility index (Phi) is 4.26. The first-order chi connectivity index (χ1) is 10.0. The monoisotopic (exact) mass is 303 g/mol. The highest BCUT2D eigenvalue weighted by molar-refractivity contribution is 6.31. The van der Waals surface area contributed by atoms with Gasteiger partial charge < -0.3 is 10.4 Å². The molecule has 2 aromatic carbocycles. The molecule has 0 aliphatic carbocycles. The minimum absolute atomic E-state index is 0.00583. The molecular weight excluding hydrogens is 294 g/mol. The topological polar surface area (TPSA) is 99.2 Å². The van der Waals surface area contributed by atoms with Crippen LogP contribution in [0.3, 0.4) is 0 Å². The summed E-state index contributed by atoms with van der Waals surface area (Å²) < 4.78 is 0. The summed E-state index contributed by atoms with van der Waals surface area (Å²) in [5, 5.41) is 32.7. The van der Waals surface area contributed by atoms with Gasteiger partial charge in [-0.05, 0) is 24.3 Å². The van der Waals surface area contributed by atoms with E-state index in [1.807, 2.05) is 6.07 Å². The lowest BCUT2D eigenvalue weighted by Gasteiger charge is -2.10. The van der Waals surface area contributed by atoms with E-state index in [1.165, 1.54) is 24.3 Å². The predicted molar refractivity (Wildman–Crippen MR) is 78.3 cm³/mol. The molecule has 0 saturated carbocycles. The maximum Gasteiger partial charge on any atom is 0.293 e. The second-order valence-corrected chi connectivity index (χ2v) is 4.60. The fraction of sp³-hybridized carbons (Fsp3) is 0.0714. The molecule has 0 aliphatic rings. The van der Waals surface area contributed by atoms with E-state index in [0.717, 1.165) is 0 Å². The number of anilines is 1. The van der Waals surface area contributed by atoms with Crippen LogP contribution in [0.5, 0.6) is 5.75 Å². The Morgan fingerprint density at radius 2 is 2.14 bits per heavy atom. The highest BCUT2D eigenvalue weighted by atomic mass is 35.5. The van der Waals surface area contributed by atoms with Gasteiger partial charge in [0.1, 0.15) is 11.4 Å². The molecule has 0 amide bonds. The zero-order valence-corrected chi connectivity index (χ0v) is 11.5. The number of aromatic hydroxyl groups is 1. The van der Waals surface area contributed by atoms with Crippen molar-refractivity contribution < 1.29 is 10.0 Å². The number of rotatable bonds is 4. The van der Waals surface area contributed by atoms with E-state index < -0.39 is 4.92 Å². The highest BCUT2D eigenvalue weighted by Gasteiger charge is 2.15. The molecule has 0 aromatic heterocycles. The number of hydrogen-bond donors (Lipinski definition) is 2. The SMILES string of the molecule is N#Cc1ccc(NCc2c(O)cccc2Cl)c([N+](=O)[O-])c1. The summed E-state index contributed by atoms with van der Waals surface area (Å²) in [6.07, 6.45) is 0. The van der Waals surface area contributed by atoms with E-state index in [4.69, 9.17) is 16.9 Å². The van der Waals surface area contributed by atoms with Crippen LogP contribution in [0.15, 0.2) is 36.4 Å². The van der Waals surface area contributed by atoms with Crippen molar-refractivity contribution in [3.8, 4) is 11.8 Å². The van der Waals surface area contributed by atoms with E-state index in [2.05, 4.69) is 5.32 Å². The lowest BCUT2D eigenvalue weighted by atomic mass is 10.1. The number of benzene rings is 2. The summed E-state index contributed by atoms with van der Waals surface area (Å²) in [6, 6.07) is 10.7. The fourth-order valence-corrected chi connectivity index (χ4v) is 2.04. The van der Waals surface area contributed by atoms with Crippen molar-refractivity contribution in [3.63, 3.8) is 0 Å². The Morgan fingerprint density at radius 1 is 1.38 bits per heavy atom. The zero-order chi connectivity index (χ0) is 15.4. The van der Waals surface area contributed by atoms with Crippen LogP contribution in [0.1, 0.15) is 11.1 Å². The van der Waals surface area contributed by atoms with Crippen LogP contribution in [0.2, 0.25) is 5.02 Å². The van der Waals surface area contributed by atoms with Crippen molar-refractivity contribution in [2.24, 2.45) is 0 Å². The third-order valence-electron chi connectivity index (χ3n) is 2.87. The first-order valence-electron chi connectivity index (χ1n) is 5.91. The van der Waals surface area contributed by atoms with Crippen molar-refractivity contribution >= 4 is 23.0 Å². The zero-order valence-electron chi connectivity index (χ0n) is 10.7. The summed E-state index contributed by atoms with van der Waals surface area (Å²) in [6.45, 7) is 0.123. The second-order valence-electron chi connectivity index (χ2n) is 4.19. The van der Waals surface area contributed by atoms with Gasteiger partial charge in [-0.3, -0.25) is 10.1 Å². The Labute approximate surface area is 125 Å². The van der Waals surface area contributed by atoms with E-state index in [-0.39, 0.29) is 29.2 Å². The van der Waals surface area contributed by atoms with Crippen LogP contribution in [0, 0.1) is 21.4 Å². The van der Waals surface area contributed by atoms with Crippen molar-refractivity contribution in [1.82, 2.24) is 0 Å². The van der Waals surface area contributed by atoms with Gasteiger partial charge in [0.25, 0.3) is 5.69 Å². The average Bonchev–Trinajstić information content (AvgIpc) is 2.46. The molecule has 0 fully saturated rings. The fourth-order valence-electron chi connectivity index (χ4n) is 1.81. The number of phenols is 1. The van der Waals surface area contributed by atoms with Crippen LogP contribution in [-0.4, -0.2) is 10.0 Å². The number of phenolic OH excluding ortho intramolecular Hbond substituents is 1. The van der Waals surface area contributed by atoms with Gasteiger partial charge in [-0.25, -0.2) is 0 Å². The standard InChI is InChI=1S/C14H10ClN3O3/c15-11-2-1-3-14(19)10(11)8-17-12-5-4-9(7-16)6-13(12)18(20)21/h1-6,17,19H,8H2. The van der Waals surface area contributed by atoms with Gasteiger partial charge in [0.2, 0.25) is 0 Å². The lowest BCUT2D eigenvalue weighted by Crippen LogP contribution is -2.03. The predicted octanol–water partition coefficient (Wildman–Crippen LogP) is 3.44. The number of halogens is 1. The molecule has 0 bridgehead atoms. The molecule has 21 heavy (non-hydrogen) atoms. The molecule has 0 unspecified atom stereocenters. The average molecular weight is 304 g/mol. The van der Waals surface area contributed by atoms with Gasteiger partial charge in [0, 0.05) is 23.2 Å². The molecule has 2 aromatic rings. The lowest BCUT2D eigenvalue weighted by molar-refractivity contribution is -0.384. The Morgan fingerprint density at radius 3 is 2.76 bits per heavy atom. The Hall–Kier alpha value is -2.78. The third-order valence-corrected chi connectivity index (χ3v) is 3.23. The van der Waals surface area contributed by atoms with E-state index >= 15 is 0 Å². The summed E-state index contributed by atoms with van der Waals surface area (Å²) in [4.78, 5) is 10.4. The van der Waals surface area contributed by atoms with Crippen molar-refractivity contribution in [2.45, 2.75) is 6.54 Å².